The SMILES string of the molecule is O=C(/C=C/c1ccc(F)cc1)Nc1nn(Cc2c(F)cccc2Cl)cc1Cl. The van der Waals surface area contributed by atoms with E-state index in [1.165, 1.54) is 47.3 Å². The lowest BCUT2D eigenvalue weighted by atomic mass is 10.2. The van der Waals surface area contributed by atoms with Crippen LogP contribution in [-0.4, -0.2) is 15.7 Å². The molecule has 0 unspecified atom stereocenters. The Bertz CT molecular complexity index is 980. The minimum atomic E-state index is -0.463. The second-order valence-corrected chi connectivity index (χ2v) is 6.41. The van der Waals surface area contributed by atoms with Crippen LogP contribution in [-0.2, 0) is 11.3 Å². The molecule has 1 N–H and O–H groups in total. The summed E-state index contributed by atoms with van der Waals surface area (Å²) in [5.74, 6) is -1.14. The monoisotopic (exact) mass is 407 g/mol. The Morgan fingerprint density at radius 2 is 1.85 bits per heavy atom. The minimum Gasteiger partial charge on any atom is -0.304 e. The van der Waals surface area contributed by atoms with Crippen molar-refractivity contribution in [3.8, 4) is 0 Å². The van der Waals surface area contributed by atoms with Crippen LogP contribution in [0.25, 0.3) is 6.08 Å². The summed E-state index contributed by atoms with van der Waals surface area (Å²) in [4.78, 5) is 12.0. The molecule has 2 aromatic carbocycles. The molecule has 0 aliphatic rings. The van der Waals surface area contributed by atoms with Gasteiger partial charge in [-0.1, -0.05) is 41.4 Å². The Balaban J connectivity index is 1.69. The van der Waals surface area contributed by atoms with Gasteiger partial charge in [0.2, 0.25) is 5.91 Å². The maximum atomic E-state index is 13.9. The Labute approximate surface area is 164 Å². The van der Waals surface area contributed by atoms with E-state index in [-0.39, 0.29) is 33.8 Å². The summed E-state index contributed by atoms with van der Waals surface area (Å²) in [7, 11) is 0. The van der Waals surface area contributed by atoms with Crippen LogP contribution in [0.3, 0.4) is 0 Å². The molecule has 1 aromatic heterocycles. The normalized spacial score (nSPS) is 11.1. The first-order valence-corrected chi connectivity index (χ1v) is 8.58. The van der Waals surface area contributed by atoms with Crippen LogP contribution < -0.4 is 5.32 Å². The third kappa shape index (κ3) is 4.93. The first-order valence-electron chi connectivity index (χ1n) is 7.83. The van der Waals surface area contributed by atoms with Gasteiger partial charge < -0.3 is 5.32 Å². The van der Waals surface area contributed by atoms with Crippen LogP contribution in [0.2, 0.25) is 10.0 Å². The van der Waals surface area contributed by atoms with Gasteiger partial charge in [-0.3, -0.25) is 9.48 Å². The van der Waals surface area contributed by atoms with E-state index in [0.29, 0.717) is 5.56 Å². The summed E-state index contributed by atoms with van der Waals surface area (Å²) < 4.78 is 28.1. The highest BCUT2D eigenvalue weighted by molar-refractivity contribution is 6.33. The third-order valence-corrected chi connectivity index (χ3v) is 4.27. The van der Waals surface area contributed by atoms with Crippen LogP contribution >= 0.6 is 23.2 Å². The van der Waals surface area contributed by atoms with Crippen molar-refractivity contribution in [1.82, 2.24) is 9.78 Å². The average Bonchev–Trinajstić information content (AvgIpc) is 2.97. The summed E-state index contributed by atoms with van der Waals surface area (Å²) in [5.41, 5.74) is 0.935. The lowest BCUT2D eigenvalue weighted by Crippen LogP contribution is -2.10. The molecule has 0 spiro atoms. The van der Waals surface area contributed by atoms with Gasteiger partial charge in [-0.2, -0.15) is 5.10 Å². The number of benzene rings is 2. The van der Waals surface area contributed by atoms with E-state index < -0.39 is 11.7 Å². The van der Waals surface area contributed by atoms with Gasteiger partial charge in [-0.25, -0.2) is 8.78 Å². The molecular formula is C19H13Cl2F2N3O. The van der Waals surface area contributed by atoms with E-state index in [2.05, 4.69) is 10.4 Å². The Morgan fingerprint density at radius 1 is 1.11 bits per heavy atom. The van der Waals surface area contributed by atoms with Gasteiger partial charge in [0, 0.05) is 22.9 Å². The minimum absolute atomic E-state index is 0.0620. The number of nitrogens with one attached hydrogen (secondary N) is 1. The second-order valence-electron chi connectivity index (χ2n) is 5.60. The molecule has 8 heteroatoms. The summed E-state index contributed by atoms with van der Waals surface area (Å²) in [6.07, 6.45) is 4.26. The lowest BCUT2D eigenvalue weighted by molar-refractivity contribution is -0.111. The summed E-state index contributed by atoms with van der Waals surface area (Å²) in [5, 5.41) is 7.15. The highest BCUT2D eigenvalue weighted by Gasteiger charge is 2.12. The van der Waals surface area contributed by atoms with Crippen molar-refractivity contribution in [2.45, 2.75) is 6.54 Å². The van der Waals surface area contributed by atoms with Gasteiger partial charge in [0.15, 0.2) is 5.82 Å². The van der Waals surface area contributed by atoms with Gasteiger partial charge in [0.05, 0.1) is 6.54 Å². The highest BCUT2D eigenvalue weighted by Crippen LogP contribution is 2.23. The molecule has 0 saturated heterocycles. The second kappa shape index (κ2) is 8.33. The number of carbonyl (C=O) groups excluding carboxylic acids is 1. The van der Waals surface area contributed by atoms with E-state index in [0.717, 1.165) is 0 Å². The van der Waals surface area contributed by atoms with Gasteiger partial charge in [0.25, 0.3) is 0 Å². The molecule has 0 radical (unpaired) electrons. The van der Waals surface area contributed by atoms with E-state index >= 15 is 0 Å². The Morgan fingerprint density at radius 3 is 2.56 bits per heavy atom. The molecular weight excluding hydrogens is 395 g/mol. The van der Waals surface area contributed by atoms with E-state index in [1.807, 2.05) is 0 Å². The summed E-state index contributed by atoms with van der Waals surface area (Å²) in [6, 6.07) is 10.1. The number of hydrogen-bond donors (Lipinski definition) is 1. The van der Waals surface area contributed by atoms with Crippen molar-refractivity contribution in [2.75, 3.05) is 5.32 Å². The zero-order chi connectivity index (χ0) is 19.4. The van der Waals surface area contributed by atoms with Gasteiger partial charge >= 0.3 is 0 Å². The van der Waals surface area contributed by atoms with Crippen LogP contribution in [0, 0.1) is 11.6 Å². The van der Waals surface area contributed by atoms with Crippen LogP contribution in [0.4, 0.5) is 14.6 Å². The van der Waals surface area contributed by atoms with Crippen molar-refractivity contribution in [1.29, 1.82) is 0 Å². The van der Waals surface area contributed by atoms with Crippen molar-refractivity contribution >= 4 is 41.0 Å². The molecule has 3 aromatic rings. The molecule has 0 aliphatic heterocycles. The number of halogens is 4. The van der Waals surface area contributed by atoms with E-state index in [9.17, 15) is 13.6 Å². The average molecular weight is 408 g/mol. The van der Waals surface area contributed by atoms with Crippen LogP contribution in [0.15, 0.2) is 54.7 Å². The maximum absolute atomic E-state index is 13.9. The zero-order valence-corrected chi connectivity index (χ0v) is 15.3. The smallest absolute Gasteiger partial charge is 0.249 e. The van der Waals surface area contributed by atoms with Crippen LogP contribution in [0.1, 0.15) is 11.1 Å². The number of nitrogens with zero attached hydrogens (tertiary/aromatic N) is 2. The molecule has 138 valence electrons. The first kappa shape index (κ1) is 19.1. The Kier molecular flexibility index (Phi) is 5.88. The largest absolute Gasteiger partial charge is 0.304 e. The van der Waals surface area contributed by atoms with E-state index in [1.54, 1.807) is 18.2 Å². The quantitative estimate of drug-likeness (QED) is 0.593. The maximum Gasteiger partial charge on any atom is 0.249 e. The highest BCUT2D eigenvalue weighted by atomic mass is 35.5. The summed E-state index contributed by atoms with van der Waals surface area (Å²) >= 11 is 12.1. The fraction of sp³-hybridized carbons (Fsp3) is 0.0526. The number of anilines is 1. The number of carbonyl (C=O) groups is 1. The predicted octanol–water partition coefficient (Wildman–Crippen LogP) is 5.17. The Hall–Kier alpha value is -2.70. The molecule has 0 saturated carbocycles. The van der Waals surface area contributed by atoms with E-state index in [4.69, 9.17) is 23.2 Å². The zero-order valence-electron chi connectivity index (χ0n) is 13.8. The van der Waals surface area contributed by atoms with Gasteiger partial charge in [-0.05, 0) is 35.9 Å². The molecule has 0 aliphatic carbocycles. The van der Waals surface area contributed by atoms with Crippen molar-refractivity contribution < 1.29 is 13.6 Å². The summed E-state index contributed by atoms with van der Waals surface area (Å²) in [6.45, 7) is 0.0620. The van der Waals surface area contributed by atoms with Crippen molar-refractivity contribution in [2.24, 2.45) is 0 Å². The van der Waals surface area contributed by atoms with Gasteiger partial charge in [0.1, 0.15) is 16.7 Å². The van der Waals surface area contributed by atoms with Crippen molar-refractivity contribution in [3.63, 3.8) is 0 Å². The topological polar surface area (TPSA) is 46.9 Å². The molecule has 0 atom stereocenters. The molecule has 0 fully saturated rings. The van der Waals surface area contributed by atoms with Crippen LogP contribution in [0.5, 0.6) is 0 Å². The number of hydrogen-bond acceptors (Lipinski definition) is 2. The number of amides is 1. The molecule has 4 nitrogen and oxygen atoms in total. The number of aromatic nitrogens is 2. The predicted molar refractivity (Wildman–Crippen MR) is 102 cm³/mol. The fourth-order valence-electron chi connectivity index (χ4n) is 2.31. The molecule has 3 rings (SSSR count). The molecule has 1 amide bonds. The molecule has 0 bridgehead atoms. The third-order valence-electron chi connectivity index (χ3n) is 3.64. The van der Waals surface area contributed by atoms with Gasteiger partial charge in [-0.15, -0.1) is 0 Å². The molecule has 1 heterocycles. The van der Waals surface area contributed by atoms with Crippen molar-refractivity contribution in [3.05, 3.63) is 87.5 Å². The fourth-order valence-corrected chi connectivity index (χ4v) is 2.73. The standard InChI is InChI=1S/C19H13Cl2F2N3O/c20-15-2-1-3-17(23)14(15)10-26-11-16(21)19(25-26)24-18(27)9-6-12-4-7-13(22)8-5-12/h1-9,11H,10H2,(H,24,25,27)/b9-6+. The number of rotatable bonds is 5. The first-order chi connectivity index (χ1) is 12.9. The molecule has 27 heavy (non-hydrogen) atoms. The lowest BCUT2D eigenvalue weighted by Gasteiger charge is -2.05.